The number of Topliss-reactive ketones (excluding diaryl/α,β-unsaturated/α-hetero) is 1. The molecule has 0 spiro atoms. The highest BCUT2D eigenvalue weighted by molar-refractivity contribution is 6.05. The van der Waals surface area contributed by atoms with Crippen LogP contribution < -0.4 is 0 Å². The van der Waals surface area contributed by atoms with Crippen molar-refractivity contribution in [3.63, 3.8) is 0 Å². The Balaban J connectivity index is 2.16. The van der Waals surface area contributed by atoms with Crippen LogP contribution in [0, 0.1) is 0 Å². The number of hydrogen-bond donors (Lipinski definition) is 0. The minimum absolute atomic E-state index is 0.0140. The fourth-order valence-corrected chi connectivity index (χ4v) is 2.17. The van der Waals surface area contributed by atoms with Crippen molar-refractivity contribution in [2.75, 3.05) is 6.54 Å². The predicted molar refractivity (Wildman–Crippen MR) is 65.6 cm³/mol. The second-order valence-corrected chi connectivity index (χ2v) is 4.51. The van der Waals surface area contributed by atoms with E-state index in [1.807, 2.05) is 19.1 Å². The maximum absolute atomic E-state index is 11.6. The maximum Gasteiger partial charge on any atom is 0.230 e. The van der Waals surface area contributed by atoms with Gasteiger partial charge in [0.15, 0.2) is 5.78 Å². The molecule has 1 fully saturated rings. The maximum atomic E-state index is 11.6. The first-order valence-corrected chi connectivity index (χ1v) is 6.01. The Kier molecular flexibility index (Phi) is 3.27. The van der Waals surface area contributed by atoms with Crippen molar-refractivity contribution < 1.29 is 9.59 Å². The first kappa shape index (κ1) is 11.8. The third-order valence-electron chi connectivity index (χ3n) is 3.35. The Morgan fingerprint density at radius 3 is 2.35 bits per heavy atom. The van der Waals surface area contributed by atoms with E-state index in [2.05, 4.69) is 19.1 Å². The number of carbonyl (C=O) groups excluding carboxylic acids is 2. The minimum Gasteiger partial charge on any atom is -0.328 e. The van der Waals surface area contributed by atoms with Crippen molar-refractivity contribution in [1.82, 2.24) is 4.90 Å². The highest BCUT2D eigenvalue weighted by Gasteiger charge is 2.31. The molecule has 0 bridgehead atoms. The third kappa shape index (κ3) is 2.38. The smallest absolute Gasteiger partial charge is 0.230 e. The summed E-state index contributed by atoms with van der Waals surface area (Å²) in [5.41, 5.74) is 2.37. The van der Waals surface area contributed by atoms with Gasteiger partial charge in [-0.15, -0.1) is 0 Å². The Morgan fingerprint density at radius 2 is 1.88 bits per heavy atom. The van der Waals surface area contributed by atoms with E-state index < -0.39 is 0 Å². The van der Waals surface area contributed by atoms with Gasteiger partial charge in [-0.25, -0.2) is 0 Å². The highest BCUT2D eigenvalue weighted by Crippen LogP contribution is 2.24. The largest absolute Gasteiger partial charge is 0.328 e. The van der Waals surface area contributed by atoms with Crippen LogP contribution in [0.4, 0.5) is 0 Å². The second-order valence-electron chi connectivity index (χ2n) is 4.51. The van der Waals surface area contributed by atoms with Gasteiger partial charge in [-0.2, -0.15) is 0 Å². The Bertz CT molecular complexity index is 436. The molecule has 1 unspecified atom stereocenters. The normalized spacial score (nSPS) is 17.6. The Morgan fingerprint density at radius 1 is 1.24 bits per heavy atom. The van der Waals surface area contributed by atoms with Crippen LogP contribution >= 0.6 is 0 Å². The lowest BCUT2D eigenvalue weighted by Gasteiger charge is -2.23. The van der Waals surface area contributed by atoms with E-state index in [9.17, 15) is 9.59 Å². The molecule has 0 saturated carbocycles. The fraction of sp³-hybridized carbons (Fsp3) is 0.429. The quantitative estimate of drug-likeness (QED) is 0.747. The Labute approximate surface area is 101 Å². The second kappa shape index (κ2) is 4.70. The summed E-state index contributed by atoms with van der Waals surface area (Å²) in [6, 6.07) is 8.22. The number of rotatable bonds is 3. The van der Waals surface area contributed by atoms with Crippen LogP contribution in [0.15, 0.2) is 24.3 Å². The van der Waals surface area contributed by atoms with Crippen LogP contribution in [-0.4, -0.2) is 23.1 Å². The average Bonchev–Trinajstić information content (AvgIpc) is 2.68. The van der Waals surface area contributed by atoms with Crippen LogP contribution in [-0.2, 0) is 16.0 Å². The van der Waals surface area contributed by atoms with Crippen molar-refractivity contribution >= 4 is 11.7 Å². The van der Waals surface area contributed by atoms with Gasteiger partial charge in [-0.1, -0.05) is 31.2 Å². The van der Waals surface area contributed by atoms with Gasteiger partial charge in [0.1, 0.15) is 0 Å². The van der Waals surface area contributed by atoms with Crippen molar-refractivity contribution in [1.29, 1.82) is 0 Å². The molecule has 1 aliphatic rings. The summed E-state index contributed by atoms with van der Waals surface area (Å²) in [6.07, 6.45) is 1.08. The van der Waals surface area contributed by atoms with Crippen LogP contribution in [0.1, 0.15) is 37.4 Å². The number of ketones is 1. The first-order chi connectivity index (χ1) is 8.11. The molecule has 1 aromatic carbocycles. The lowest BCUT2D eigenvalue weighted by Crippen LogP contribution is -2.28. The number of hydrogen-bond acceptors (Lipinski definition) is 2. The molecular weight excluding hydrogens is 214 g/mol. The van der Waals surface area contributed by atoms with Crippen LogP contribution in [0.25, 0.3) is 0 Å². The molecule has 1 amide bonds. The van der Waals surface area contributed by atoms with E-state index in [1.54, 1.807) is 4.90 Å². The van der Waals surface area contributed by atoms with E-state index in [0.717, 1.165) is 12.0 Å². The van der Waals surface area contributed by atoms with E-state index in [4.69, 9.17) is 0 Å². The van der Waals surface area contributed by atoms with Gasteiger partial charge in [0, 0.05) is 0 Å². The standard InChI is InChI=1S/C14H17NO2/c1-3-11-4-6-12(7-5-11)10(2)15-9-13(16)8-14(15)17/h4-7,10H,3,8-9H2,1-2H3. The summed E-state index contributed by atoms with van der Waals surface area (Å²) in [6.45, 7) is 4.34. The van der Waals surface area contributed by atoms with Crippen molar-refractivity contribution in [3.05, 3.63) is 35.4 Å². The highest BCUT2D eigenvalue weighted by atomic mass is 16.2. The van der Waals surface area contributed by atoms with Gasteiger partial charge in [0.2, 0.25) is 5.91 Å². The molecule has 2 rings (SSSR count). The van der Waals surface area contributed by atoms with Gasteiger partial charge >= 0.3 is 0 Å². The molecule has 1 aromatic rings. The van der Waals surface area contributed by atoms with E-state index >= 15 is 0 Å². The van der Waals surface area contributed by atoms with E-state index in [0.29, 0.717) is 0 Å². The first-order valence-electron chi connectivity index (χ1n) is 6.01. The topological polar surface area (TPSA) is 37.4 Å². The van der Waals surface area contributed by atoms with Gasteiger partial charge in [0.25, 0.3) is 0 Å². The van der Waals surface area contributed by atoms with Gasteiger partial charge in [-0.3, -0.25) is 9.59 Å². The van der Waals surface area contributed by atoms with Gasteiger partial charge in [0.05, 0.1) is 19.0 Å². The summed E-state index contributed by atoms with van der Waals surface area (Å²) >= 11 is 0. The molecule has 90 valence electrons. The zero-order valence-corrected chi connectivity index (χ0v) is 10.3. The number of aryl methyl sites for hydroxylation is 1. The molecule has 1 saturated heterocycles. The van der Waals surface area contributed by atoms with Crippen LogP contribution in [0.5, 0.6) is 0 Å². The van der Waals surface area contributed by atoms with Crippen LogP contribution in [0.3, 0.4) is 0 Å². The summed E-state index contributed by atoms with van der Waals surface area (Å²) in [4.78, 5) is 24.5. The number of benzene rings is 1. The minimum atomic E-state index is -0.0536. The summed E-state index contributed by atoms with van der Waals surface area (Å²) in [7, 11) is 0. The fourth-order valence-electron chi connectivity index (χ4n) is 2.17. The summed E-state index contributed by atoms with van der Waals surface area (Å²) in [5, 5.41) is 0. The molecule has 3 heteroatoms. The van der Waals surface area contributed by atoms with Gasteiger partial charge < -0.3 is 4.90 Å². The Hall–Kier alpha value is -1.64. The molecule has 0 N–H and O–H groups in total. The number of nitrogens with zero attached hydrogens (tertiary/aromatic N) is 1. The monoisotopic (exact) mass is 231 g/mol. The zero-order valence-electron chi connectivity index (χ0n) is 10.3. The molecule has 0 aliphatic carbocycles. The van der Waals surface area contributed by atoms with Crippen molar-refractivity contribution in [3.8, 4) is 0 Å². The van der Waals surface area contributed by atoms with E-state index in [1.165, 1.54) is 5.56 Å². The predicted octanol–water partition coefficient (Wildman–Crippen LogP) is 2.11. The summed E-state index contributed by atoms with van der Waals surface area (Å²) < 4.78 is 0. The number of amides is 1. The zero-order chi connectivity index (χ0) is 12.4. The number of carbonyl (C=O) groups is 2. The molecule has 17 heavy (non-hydrogen) atoms. The third-order valence-corrected chi connectivity index (χ3v) is 3.35. The molecule has 0 aromatic heterocycles. The lowest BCUT2D eigenvalue weighted by atomic mass is 10.0. The lowest BCUT2D eigenvalue weighted by molar-refractivity contribution is -0.129. The molecule has 3 nitrogen and oxygen atoms in total. The van der Waals surface area contributed by atoms with Crippen LogP contribution in [0.2, 0.25) is 0 Å². The number of likely N-dealkylation sites (tertiary alicyclic amines) is 1. The molecule has 0 radical (unpaired) electrons. The molecule has 1 aliphatic heterocycles. The summed E-state index contributed by atoms with van der Waals surface area (Å²) in [5.74, 6) is -0.0332. The van der Waals surface area contributed by atoms with Crippen molar-refractivity contribution in [2.45, 2.75) is 32.7 Å². The molecule has 1 heterocycles. The average molecular weight is 231 g/mol. The van der Waals surface area contributed by atoms with E-state index in [-0.39, 0.29) is 30.7 Å². The van der Waals surface area contributed by atoms with Gasteiger partial charge in [-0.05, 0) is 24.5 Å². The molecular formula is C14H17NO2. The van der Waals surface area contributed by atoms with Crippen molar-refractivity contribution in [2.24, 2.45) is 0 Å². The SMILES string of the molecule is CCc1ccc(C(C)N2CC(=O)CC2=O)cc1. The molecule has 1 atom stereocenters.